The van der Waals surface area contributed by atoms with Crippen LogP contribution in [0.2, 0.25) is 0 Å². The molecule has 0 fully saturated rings. The quantitative estimate of drug-likeness (QED) is 0.609. The molecule has 1 aromatic rings. The van der Waals surface area contributed by atoms with Crippen molar-refractivity contribution in [2.24, 2.45) is 0 Å². The van der Waals surface area contributed by atoms with E-state index in [1.165, 1.54) is 19.4 Å². The fourth-order valence-corrected chi connectivity index (χ4v) is 0.758. The summed E-state index contributed by atoms with van der Waals surface area (Å²) in [6, 6.07) is 1.48. The van der Waals surface area contributed by atoms with Gasteiger partial charge in [0.2, 0.25) is 0 Å². The minimum absolute atomic E-state index is 0.129. The molecule has 0 unspecified atom stereocenters. The van der Waals surface area contributed by atoms with Crippen LogP contribution in [0, 0.1) is 0 Å². The summed E-state index contributed by atoms with van der Waals surface area (Å²) in [5.41, 5.74) is 0.648. The average Bonchev–Trinajstić information content (AvgIpc) is 2.35. The predicted molar refractivity (Wildman–Crippen MR) is 38.2 cm³/mol. The van der Waals surface area contributed by atoms with Gasteiger partial charge in [-0.15, -0.1) is 0 Å². The summed E-state index contributed by atoms with van der Waals surface area (Å²) in [5, 5.41) is 8.86. The van der Waals surface area contributed by atoms with Gasteiger partial charge >= 0.3 is 5.97 Å². The summed E-state index contributed by atoms with van der Waals surface area (Å²) >= 11 is 0. The van der Waals surface area contributed by atoms with Crippen LogP contribution < -0.4 is 0 Å². The first-order chi connectivity index (χ1) is 5.22. The Kier molecular flexibility index (Phi) is 2.15. The highest BCUT2D eigenvalue weighted by Gasteiger charge is 2.03. The summed E-state index contributed by atoms with van der Waals surface area (Å²) < 4.78 is 4.42. The zero-order valence-corrected chi connectivity index (χ0v) is 6.13. The molecule has 0 aliphatic rings. The van der Waals surface area contributed by atoms with Gasteiger partial charge in [0, 0.05) is 18.0 Å². The number of nitrogens with one attached hydrogen (secondary N) is 1. The third-order valence-electron chi connectivity index (χ3n) is 1.29. The molecule has 2 N–H and O–H groups in total. The Bertz CT molecular complexity index is 254. The normalized spacial score (nSPS) is 9.55. The third kappa shape index (κ3) is 2.00. The Hall–Kier alpha value is -1.45. The molecule has 0 atom stereocenters. The minimum atomic E-state index is -0.327. The number of esters is 1. The maximum absolute atomic E-state index is 10.7. The van der Waals surface area contributed by atoms with Crippen molar-refractivity contribution in [3.8, 4) is 5.75 Å². The molecule has 0 aliphatic heterocycles. The highest BCUT2D eigenvalue weighted by Crippen LogP contribution is 2.09. The van der Waals surface area contributed by atoms with Crippen molar-refractivity contribution in [2.45, 2.75) is 6.42 Å². The van der Waals surface area contributed by atoms with E-state index in [0.29, 0.717) is 5.69 Å². The van der Waals surface area contributed by atoms with Crippen LogP contribution in [0.5, 0.6) is 5.75 Å². The van der Waals surface area contributed by atoms with Crippen LogP contribution in [-0.4, -0.2) is 23.2 Å². The number of aromatic nitrogens is 1. The summed E-state index contributed by atoms with van der Waals surface area (Å²) in [5.74, 6) is -0.198. The molecule has 1 aromatic heterocycles. The van der Waals surface area contributed by atoms with E-state index in [4.69, 9.17) is 5.11 Å². The lowest BCUT2D eigenvalue weighted by molar-refractivity contribution is -0.139. The summed E-state index contributed by atoms with van der Waals surface area (Å²) in [4.78, 5) is 13.4. The molecule has 1 heterocycles. The standard InChI is InChI=1S/C7H9NO3/c1-11-7(10)3-5-2-6(9)4-8-5/h2,4,8-9H,3H2,1H3. The molecule has 0 aromatic carbocycles. The molecule has 0 saturated carbocycles. The van der Waals surface area contributed by atoms with E-state index in [0.717, 1.165) is 0 Å². The van der Waals surface area contributed by atoms with E-state index in [2.05, 4.69) is 9.72 Å². The summed E-state index contributed by atoms with van der Waals surface area (Å²) in [7, 11) is 1.32. The van der Waals surface area contributed by atoms with Gasteiger partial charge in [-0.25, -0.2) is 0 Å². The number of rotatable bonds is 2. The topological polar surface area (TPSA) is 62.3 Å². The number of carbonyl (C=O) groups excluding carboxylic acids is 1. The molecular formula is C7H9NO3. The van der Waals surface area contributed by atoms with Crippen molar-refractivity contribution < 1.29 is 14.6 Å². The molecule has 0 bridgehead atoms. The van der Waals surface area contributed by atoms with Crippen molar-refractivity contribution in [2.75, 3.05) is 7.11 Å². The van der Waals surface area contributed by atoms with Crippen LogP contribution in [0.4, 0.5) is 0 Å². The largest absolute Gasteiger partial charge is 0.506 e. The van der Waals surface area contributed by atoms with E-state index in [1.807, 2.05) is 0 Å². The van der Waals surface area contributed by atoms with Crippen LogP contribution in [0.25, 0.3) is 0 Å². The minimum Gasteiger partial charge on any atom is -0.506 e. The number of ether oxygens (including phenoxy) is 1. The average molecular weight is 155 g/mol. The summed E-state index contributed by atoms with van der Waals surface area (Å²) in [6.07, 6.45) is 1.58. The fraction of sp³-hybridized carbons (Fsp3) is 0.286. The van der Waals surface area contributed by atoms with Crippen molar-refractivity contribution >= 4 is 5.97 Å². The maximum atomic E-state index is 10.7. The number of carbonyl (C=O) groups is 1. The lowest BCUT2D eigenvalue weighted by atomic mass is 10.3. The van der Waals surface area contributed by atoms with Crippen molar-refractivity contribution in [3.05, 3.63) is 18.0 Å². The maximum Gasteiger partial charge on any atom is 0.311 e. The number of aromatic hydroxyl groups is 1. The SMILES string of the molecule is COC(=O)Cc1cc(O)c[nH]1. The fourth-order valence-electron chi connectivity index (χ4n) is 0.758. The highest BCUT2D eigenvalue weighted by atomic mass is 16.5. The van der Waals surface area contributed by atoms with Gasteiger partial charge < -0.3 is 14.8 Å². The van der Waals surface area contributed by atoms with Crippen molar-refractivity contribution in [1.82, 2.24) is 4.98 Å². The highest BCUT2D eigenvalue weighted by molar-refractivity contribution is 5.71. The Morgan fingerprint density at radius 1 is 1.82 bits per heavy atom. The molecule has 0 aliphatic carbocycles. The molecule has 1 rings (SSSR count). The number of hydrogen-bond donors (Lipinski definition) is 2. The van der Waals surface area contributed by atoms with E-state index < -0.39 is 0 Å². The predicted octanol–water partition coefficient (Wildman–Crippen LogP) is 0.436. The van der Waals surface area contributed by atoms with Gasteiger partial charge in [-0.05, 0) is 0 Å². The monoisotopic (exact) mass is 155 g/mol. The van der Waals surface area contributed by atoms with Gasteiger partial charge in [0.15, 0.2) is 0 Å². The molecule has 0 saturated heterocycles. The lowest BCUT2D eigenvalue weighted by Crippen LogP contribution is -2.04. The first-order valence-corrected chi connectivity index (χ1v) is 3.15. The third-order valence-corrected chi connectivity index (χ3v) is 1.29. The smallest absolute Gasteiger partial charge is 0.311 e. The van der Waals surface area contributed by atoms with Crippen molar-refractivity contribution in [3.63, 3.8) is 0 Å². The van der Waals surface area contributed by atoms with Gasteiger partial charge in [-0.2, -0.15) is 0 Å². The molecular weight excluding hydrogens is 146 g/mol. The molecule has 11 heavy (non-hydrogen) atoms. The number of aromatic amines is 1. The van der Waals surface area contributed by atoms with E-state index in [-0.39, 0.29) is 18.1 Å². The van der Waals surface area contributed by atoms with Gasteiger partial charge in [0.1, 0.15) is 5.75 Å². The van der Waals surface area contributed by atoms with Gasteiger partial charge in [-0.1, -0.05) is 0 Å². The van der Waals surface area contributed by atoms with Crippen LogP contribution in [0.3, 0.4) is 0 Å². The van der Waals surface area contributed by atoms with Crippen LogP contribution in [-0.2, 0) is 16.0 Å². The van der Waals surface area contributed by atoms with E-state index in [1.54, 1.807) is 0 Å². The number of hydrogen-bond acceptors (Lipinski definition) is 3. The molecule has 4 heteroatoms. The van der Waals surface area contributed by atoms with Crippen molar-refractivity contribution in [1.29, 1.82) is 0 Å². The number of methoxy groups -OCH3 is 1. The second-order valence-electron chi connectivity index (χ2n) is 2.14. The first-order valence-electron chi connectivity index (χ1n) is 3.15. The Morgan fingerprint density at radius 2 is 2.55 bits per heavy atom. The van der Waals surface area contributed by atoms with Crippen LogP contribution >= 0.6 is 0 Å². The molecule has 4 nitrogen and oxygen atoms in total. The Balaban J connectivity index is 2.57. The second kappa shape index (κ2) is 3.09. The van der Waals surface area contributed by atoms with Gasteiger partial charge in [-0.3, -0.25) is 4.79 Å². The van der Waals surface area contributed by atoms with Gasteiger partial charge in [0.05, 0.1) is 13.5 Å². The second-order valence-corrected chi connectivity index (χ2v) is 2.14. The van der Waals surface area contributed by atoms with E-state index in [9.17, 15) is 4.79 Å². The molecule has 0 spiro atoms. The lowest BCUT2D eigenvalue weighted by Gasteiger charge is -1.94. The van der Waals surface area contributed by atoms with Crippen LogP contribution in [0.15, 0.2) is 12.3 Å². The summed E-state index contributed by atoms with van der Waals surface area (Å²) in [6.45, 7) is 0. The molecule has 0 radical (unpaired) electrons. The number of H-pyrrole nitrogens is 1. The Labute approximate surface area is 63.8 Å². The zero-order chi connectivity index (χ0) is 8.27. The zero-order valence-electron chi connectivity index (χ0n) is 6.13. The van der Waals surface area contributed by atoms with E-state index >= 15 is 0 Å². The molecule has 0 amide bonds. The van der Waals surface area contributed by atoms with Crippen LogP contribution in [0.1, 0.15) is 5.69 Å². The first kappa shape index (κ1) is 7.65. The molecule has 60 valence electrons. The Morgan fingerprint density at radius 3 is 3.00 bits per heavy atom. The van der Waals surface area contributed by atoms with Gasteiger partial charge in [0.25, 0.3) is 0 Å².